The molecule has 2 aromatic rings. The molecule has 1 aliphatic heterocycles. The molecule has 1 N–H and O–H groups in total. The number of nitrogens with zero attached hydrogens (tertiary/aromatic N) is 3. The molecule has 1 saturated heterocycles. The predicted molar refractivity (Wildman–Crippen MR) is 86.3 cm³/mol. The first-order valence-corrected chi connectivity index (χ1v) is 8.22. The minimum Gasteiger partial charge on any atom is -0.396 e. The van der Waals surface area contributed by atoms with Gasteiger partial charge in [-0.25, -0.2) is 4.68 Å². The summed E-state index contributed by atoms with van der Waals surface area (Å²) in [5.41, 5.74) is 1.51. The van der Waals surface area contributed by atoms with Crippen molar-refractivity contribution < 1.29 is 9.90 Å². The average molecular weight is 311 g/mol. The van der Waals surface area contributed by atoms with Gasteiger partial charge in [-0.1, -0.05) is 12.5 Å². The number of benzene rings is 1. The van der Waals surface area contributed by atoms with Crippen molar-refractivity contribution in [2.24, 2.45) is 11.3 Å². The number of fused-ring (bicyclic) bond motifs is 1. The summed E-state index contributed by atoms with van der Waals surface area (Å²) in [6.45, 7) is 1.64. The number of carbonyl (C=O) groups excluding carboxylic acids is 1. The van der Waals surface area contributed by atoms with Crippen molar-refractivity contribution >= 4 is 5.91 Å². The molecule has 5 heteroatoms. The van der Waals surface area contributed by atoms with E-state index in [9.17, 15) is 9.90 Å². The van der Waals surface area contributed by atoms with Gasteiger partial charge in [-0.15, -0.1) is 0 Å². The molecule has 1 saturated carbocycles. The minimum absolute atomic E-state index is 0.0567. The molecule has 2 aliphatic rings. The molecule has 1 amide bonds. The maximum absolute atomic E-state index is 12.9. The zero-order chi connectivity index (χ0) is 15.9. The molecule has 0 bridgehead atoms. The fourth-order valence-electron chi connectivity index (χ4n) is 4.21. The van der Waals surface area contributed by atoms with Crippen molar-refractivity contribution in [2.45, 2.75) is 19.3 Å². The first kappa shape index (κ1) is 14.5. The average Bonchev–Trinajstić information content (AvgIpc) is 3.29. The van der Waals surface area contributed by atoms with Gasteiger partial charge in [0.2, 0.25) is 0 Å². The Hall–Kier alpha value is -2.14. The van der Waals surface area contributed by atoms with Gasteiger partial charge in [0.25, 0.3) is 5.91 Å². The Balaban J connectivity index is 1.57. The third kappa shape index (κ3) is 2.36. The van der Waals surface area contributed by atoms with Gasteiger partial charge in [0.15, 0.2) is 0 Å². The van der Waals surface area contributed by atoms with Crippen LogP contribution in [0.25, 0.3) is 5.69 Å². The zero-order valence-electron chi connectivity index (χ0n) is 13.1. The van der Waals surface area contributed by atoms with E-state index in [1.807, 2.05) is 41.4 Å². The number of aromatic nitrogens is 2. The van der Waals surface area contributed by atoms with Crippen molar-refractivity contribution in [1.29, 1.82) is 0 Å². The monoisotopic (exact) mass is 311 g/mol. The molecule has 4 rings (SSSR count). The van der Waals surface area contributed by atoms with E-state index in [0.29, 0.717) is 18.0 Å². The fourth-order valence-corrected chi connectivity index (χ4v) is 4.21. The van der Waals surface area contributed by atoms with Crippen molar-refractivity contribution in [2.75, 3.05) is 19.7 Å². The highest BCUT2D eigenvalue weighted by molar-refractivity contribution is 5.95. The third-order valence-corrected chi connectivity index (χ3v) is 5.50. The lowest BCUT2D eigenvalue weighted by molar-refractivity contribution is 0.0734. The summed E-state index contributed by atoms with van der Waals surface area (Å²) in [7, 11) is 0. The van der Waals surface area contributed by atoms with Gasteiger partial charge in [0.05, 0.1) is 12.3 Å². The maximum atomic E-state index is 12.9. The summed E-state index contributed by atoms with van der Waals surface area (Å²) in [6.07, 6.45) is 6.91. The molecule has 2 atom stereocenters. The van der Waals surface area contributed by atoms with Gasteiger partial charge in [-0.3, -0.25) is 4.79 Å². The Morgan fingerprint density at radius 3 is 3.04 bits per heavy atom. The fraction of sp³-hybridized carbons (Fsp3) is 0.444. The Morgan fingerprint density at radius 2 is 2.30 bits per heavy atom. The molecule has 0 spiro atoms. The highest BCUT2D eigenvalue weighted by Crippen LogP contribution is 2.48. The quantitative estimate of drug-likeness (QED) is 0.944. The number of rotatable bonds is 3. The topological polar surface area (TPSA) is 58.4 Å². The van der Waals surface area contributed by atoms with E-state index in [1.54, 1.807) is 10.9 Å². The van der Waals surface area contributed by atoms with Crippen LogP contribution in [0.2, 0.25) is 0 Å². The molecule has 1 aromatic carbocycles. The van der Waals surface area contributed by atoms with Crippen LogP contribution in [0.3, 0.4) is 0 Å². The van der Waals surface area contributed by atoms with Crippen LogP contribution in [0.1, 0.15) is 29.6 Å². The summed E-state index contributed by atoms with van der Waals surface area (Å²) in [4.78, 5) is 14.8. The van der Waals surface area contributed by atoms with Gasteiger partial charge in [-0.05, 0) is 43.0 Å². The van der Waals surface area contributed by atoms with Crippen molar-refractivity contribution in [3.63, 3.8) is 0 Å². The normalized spacial score (nSPS) is 26.5. The first-order valence-electron chi connectivity index (χ1n) is 8.22. The SMILES string of the molecule is O=C(c1cccc(-n2cccn2)c1)N1C[C@H]2CCC[C@@]2(CO)C1. The Labute approximate surface area is 135 Å². The van der Waals surface area contributed by atoms with Crippen molar-refractivity contribution in [3.8, 4) is 5.69 Å². The molecule has 1 aliphatic carbocycles. The molecular formula is C18H21N3O2. The Kier molecular flexibility index (Phi) is 3.45. The lowest BCUT2D eigenvalue weighted by Crippen LogP contribution is -2.34. The van der Waals surface area contributed by atoms with E-state index in [1.165, 1.54) is 6.42 Å². The van der Waals surface area contributed by atoms with Crippen molar-refractivity contribution in [1.82, 2.24) is 14.7 Å². The lowest BCUT2D eigenvalue weighted by Gasteiger charge is -2.25. The second kappa shape index (κ2) is 5.49. The van der Waals surface area contributed by atoms with Gasteiger partial charge >= 0.3 is 0 Å². The summed E-state index contributed by atoms with van der Waals surface area (Å²) in [5, 5.41) is 14.0. The number of amides is 1. The molecule has 0 unspecified atom stereocenters. The standard InChI is InChI=1S/C18H21N3O2/c22-13-18-7-2-5-15(18)11-20(12-18)17(23)14-4-1-6-16(10-14)21-9-3-8-19-21/h1,3-4,6,8-10,15,22H,2,5,7,11-13H2/t15-,18+/m1/s1. The van der Waals surface area contributed by atoms with Crippen LogP contribution in [0.5, 0.6) is 0 Å². The molecule has 120 valence electrons. The Bertz CT molecular complexity index is 713. The van der Waals surface area contributed by atoms with Crippen LogP contribution in [-0.2, 0) is 0 Å². The van der Waals surface area contributed by atoms with E-state index in [0.717, 1.165) is 25.1 Å². The van der Waals surface area contributed by atoms with Crippen molar-refractivity contribution in [3.05, 3.63) is 48.3 Å². The molecule has 5 nitrogen and oxygen atoms in total. The largest absolute Gasteiger partial charge is 0.396 e. The number of hydrogen-bond donors (Lipinski definition) is 1. The summed E-state index contributed by atoms with van der Waals surface area (Å²) >= 11 is 0. The summed E-state index contributed by atoms with van der Waals surface area (Å²) in [6, 6.07) is 9.44. The van der Waals surface area contributed by atoms with Crippen LogP contribution in [0.4, 0.5) is 0 Å². The first-order chi connectivity index (χ1) is 11.2. The van der Waals surface area contributed by atoms with E-state index in [4.69, 9.17) is 0 Å². The number of aliphatic hydroxyl groups is 1. The smallest absolute Gasteiger partial charge is 0.253 e. The van der Waals surface area contributed by atoms with Gasteiger partial charge in [0, 0.05) is 36.5 Å². The highest BCUT2D eigenvalue weighted by Gasteiger charge is 2.50. The number of aliphatic hydroxyl groups excluding tert-OH is 1. The molecule has 2 heterocycles. The van der Waals surface area contributed by atoms with Crippen LogP contribution in [0.15, 0.2) is 42.7 Å². The molecule has 23 heavy (non-hydrogen) atoms. The maximum Gasteiger partial charge on any atom is 0.253 e. The predicted octanol–water partition coefficient (Wildman–Crippen LogP) is 2.11. The molecule has 0 radical (unpaired) electrons. The minimum atomic E-state index is -0.0603. The number of likely N-dealkylation sites (tertiary alicyclic amines) is 1. The third-order valence-electron chi connectivity index (χ3n) is 5.50. The number of carbonyl (C=O) groups is 1. The van der Waals surface area contributed by atoms with E-state index in [2.05, 4.69) is 5.10 Å². The van der Waals surface area contributed by atoms with Crippen LogP contribution >= 0.6 is 0 Å². The van der Waals surface area contributed by atoms with Gasteiger partial charge in [0.1, 0.15) is 0 Å². The van der Waals surface area contributed by atoms with Crippen LogP contribution < -0.4 is 0 Å². The molecule has 1 aromatic heterocycles. The van der Waals surface area contributed by atoms with Crippen LogP contribution in [-0.4, -0.2) is 45.4 Å². The van der Waals surface area contributed by atoms with Gasteiger partial charge in [-0.2, -0.15) is 5.10 Å². The molecular weight excluding hydrogens is 290 g/mol. The van der Waals surface area contributed by atoms with Crippen LogP contribution in [0, 0.1) is 11.3 Å². The lowest BCUT2D eigenvalue weighted by atomic mass is 9.82. The zero-order valence-corrected chi connectivity index (χ0v) is 13.1. The van der Waals surface area contributed by atoms with Gasteiger partial charge < -0.3 is 10.0 Å². The molecule has 2 fully saturated rings. The van der Waals surface area contributed by atoms with E-state index in [-0.39, 0.29) is 17.9 Å². The summed E-state index contributed by atoms with van der Waals surface area (Å²) < 4.78 is 1.75. The highest BCUT2D eigenvalue weighted by atomic mass is 16.3. The summed E-state index contributed by atoms with van der Waals surface area (Å²) in [5.74, 6) is 0.506. The van der Waals surface area contributed by atoms with E-state index >= 15 is 0 Å². The second-order valence-corrected chi connectivity index (χ2v) is 6.80. The number of hydrogen-bond acceptors (Lipinski definition) is 3. The Morgan fingerprint density at radius 1 is 1.39 bits per heavy atom. The van der Waals surface area contributed by atoms with E-state index < -0.39 is 0 Å². The second-order valence-electron chi connectivity index (χ2n) is 6.80.